The van der Waals surface area contributed by atoms with E-state index in [4.69, 9.17) is 5.11 Å². The number of aromatic carboxylic acids is 1. The van der Waals surface area contributed by atoms with Crippen LogP contribution in [0.15, 0.2) is 24.7 Å². The van der Waals surface area contributed by atoms with Crippen LogP contribution in [0.3, 0.4) is 0 Å². The Morgan fingerprint density at radius 3 is 2.94 bits per heavy atom. The number of fused-ring (bicyclic) bond motifs is 1. The molecule has 0 radical (unpaired) electrons. The zero-order chi connectivity index (χ0) is 11.8. The average molecular weight is 229 g/mol. The molecule has 3 aromatic heterocycles. The second kappa shape index (κ2) is 3.41. The molecule has 3 N–H and O–H groups in total. The zero-order valence-corrected chi connectivity index (χ0v) is 8.51. The number of carboxylic acids is 1. The van der Waals surface area contributed by atoms with E-state index in [1.807, 2.05) is 0 Å². The third-order valence-electron chi connectivity index (χ3n) is 2.36. The summed E-state index contributed by atoms with van der Waals surface area (Å²) in [6.07, 6.45) is 4.59. The number of pyridine rings is 1. The summed E-state index contributed by atoms with van der Waals surface area (Å²) in [5.41, 5.74) is 1.98. The molecule has 7 heteroatoms. The zero-order valence-electron chi connectivity index (χ0n) is 8.51. The summed E-state index contributed by atoms with van der Waals surface area (Å²) in [7, 11) is 0. The van der Waals surface area contributed by atoms with E-state index < -0.39 is 5.97 Å². The van der Waals surface area contributed by atoms with Crippen molar-refractivity contribution in [1.29, 1.82) is 0 Å². The minimum atomic E-state index is -1.01. The SMILES string of the molecule is O=C(O)c1cnc2nc(-c3cn[nH]c3)[nH]c2c1. The number of hydrogen-bond donors (Lipinski definition) is 3. The molecule has 0 aliphatic heterocycles. The highest BCUT2D eigenvalue weighted by Crippen LogP contribution is 2.18. The molecular formula is C10H7N5O2. The number of hydrogen-bond acceptors (Lipinski definition) is 4. The molecule has 3 heterocycles. The Hall–Kier alpha value is -2.70. The smallest absolute Gasteiger partial charge is 0.337 e. The van der Waals surface area contributed by atoms with Gasteiger partial charge in [-0.1, -0.05) is 0 Å². The van der Waals surface area contributed by atoms with Crippen molar-refractivity contribution in [2.24, 2.45) is 0 Å². The van der Waals surface area contributed by atoms with Gasteiger partial charge in [0, 0.05) is 12.4 Å². The van der Waals surface area contributed by atoms with Gasteiger partial charge < -0.3 is 10.1 Å². The minimum absolute atomic E-state index is 0.125. The van der Waals surface area contributed by atoms with Gasteiger partial charge in [-0.15, -0.1) is 0 Å². The Bertz CT molecular complexity index is 686. The van der Waals surface area contributed by atoms with E-state index in [-0.39, 0.29) is 5.56 Å². The summed E-state index contributed by atoms with van der Waals surface area (Å²) in [4.78, 5) is 22.0. The Morgan fingerprint density at radius 1 is 1.35 bits per heavy atom. The van der Waals surface area contributed by atoms with Crippen molar-refractivity contribution < 1.29 is 9.90 Å². The van der Waals surface area contributed by atoms with Crippen LogP contribution in [-0.4, -0.2) is 36.2 Å². The highest BCUT2D eigenvalue weighted by molar-refractivity contribution is 5.91. The highest BCUT2D eigenvalue weighted by Gasteiger charge is 2.10. The molecule has 0 fully saturated rings. The van der Waals surface area contributed by atoms with Crippen LogP contribution in [0.25, 0.3) is 22.6 Å². The van der Waals surface area contributed by atoms with Crippen molar-refractivity contribution in [3.63, 3.8) is 0 Å². The summed E-state index contributed by atoms with van der Waals surface area (Å²) in [5.74, 6) is -0.414. The maximum atomic E-state index is 10.8. The van der Waals surface area contributed by atoms with Gasteiger partial charge in [-0.25, -0.2) is 14.8 Å². The molecule has 0 aliphatic rings. The maximum Gasteiger partial charge on any atom is 0.337 e. The highest BCUT2D eigenvalue weighted by atomic mass is 16.4. The van der Waals surface area contributed by atoms with Crippen molar-refractivity contribution >= 4 is 17.1 Å². The first-order valence-electron chi connectivity index (χ1n) is 4.82. The van der Waals surface area contributed by atoms with Gasteiger partial charge in [-0.2, -0.15) is 5.10 Å². The van der Waals surface area contributed by atoms with Crippen LogP contribution in [0.2, 0.25) is 0 Å². The van der Waals surface area contributed by atoms with Gasteiger partial charge in [0.15, 0.2) is 5.65 Å². The van der Waals surface area contributed by atoms with E-state index in [9.17, 15) is 4.79 Å². The molecule has 84 valence electrons. The standard InChI is InChI=1S/C10H7N5O2/c16-10(17)5-1-7-9(11-2-5)15-8(14-7)6-3-12-13-4-6/h1-4H,(H,12,13)(H,16,17)(H,11,14,15). The molecule has 3 rings (SSSR count). The van der Waals surface area contributed by atoms with Crippen LogP contribution in [0.5, 0.6) is 0 Å². The number of carboxylic acid groups (broad SMARTS) is 1. The molecule has 0 spiro atoms. The normalized spacial score (nSPS) is 10.8. The van der Waals surface area contributed by atoms with Crippen molar-refractivity contribution in [3.05, 3.63) is 30.2 Å². The van der Waals surface area contributed by atoms with Crippen LogP contribution in [-0.2, 0) is 0 Å². The van der Waals surface area contributed by atoms with Crippen LogP contribution in [0.4, 0.5) is 0 Å². The predicted octanol–water partition coefficient (Wildman–Crippen LogP) is 1.05. The quantitative estimate of drug-likeness (QED) is 0.608. The van der Waals surface area contributed by atoms with Gasteiger partial charge in [0.1, 0.15) is 5.82 Å². The van der Waals surface area contributed by atoms with E-state index in [1.165, 1.54) is 12.3 Å². The topological polar surface area (TPSA) is 108 Å². The minimum Gasteiger partial charge on any atom is -0.478 e. The molecule has 0 saturated heterocycles. The molecule has 17 heavy (non-hydrogen) atoms. The van der Waals surface area contributed by atoms with E-state index >= 15 is 0 Å². The lowest BCUT2D eigenvalue weighted by molar-refractivity contribution is 0.0696. The number of rotatable bonds is 2. The van der Waals surface area contributed by atoms with Crippen molar-refractivity contribution in [3.8, 4) is 11.4 Å². The van der Waals surface area contributed by atoms with Gasteiger partial charge >= 0.3 is 5.97 Å². The number of aromatic nitrogens is 5. The summed E-state index contributed by atoms with van der Waals surface area (Å²) in [6, 6.07) is 1.50. The first kappa shape index (κ1) is 9.52. The number of aromatic amines is 2. The number of imidazole rings is 1. The summed E-state index contributed by atoms with van der Waals surface area (Å²) < 4.78 is 0. The number of H-pyrrole nitrogens is 2. The van der Waals surface area contributed by atoms with Crippen molar-refractivity contribution in [2.75, 3.05) is 0 Å². The largest absolute Gasteiger partial charge is 0.478 e. The Labute approximate surface area is 94.5 Å². The molecule has 0 aliphatic carbocycles. The van der Waals surface area contributed by atoms with Crippen molar-refractivity contribution in [1.82, 2.24) is 25.1 Å². The lowest BCUT2D eigenvalue weighted by Gasteiger charge is -1.91. The lowest BCUT2D eigenvalue weighted by Crippen LogP contribution is -1.96. The van der Waals surface area contributed by atoms with Crippen LogP contribution in [0, 0.1) is 0 Å². The predicted molar refractivity (Wildman–Crippen MR) is 58.4 cm³/mol. The molecule has 7 nitrogen and oxygen atoms in total. The molecule has 3 aromatic rings. The second-order valence-electron chi connectivity index (χ2n) is 3.47. The fourth-order valence-corrected chi connectivity index (χ4v) is 1.53. The average Bonchev–Trinajstić information content (AvgIpc) is 2.96. The summed E-state index contributed by atoms with van der Waals surface area (Å²) in [6.45, 7) is 0. The molecule has 0 saturated carbocycles. The van der Waals surface area contributed by atoms with Crippen LogP contribution in [0.1, 0.15) is 10.4 Å². The fourth-order valence-electron chi connectivity index (χ4n) is 1.53. The van der Waals surface area contributed by atoms with Gasteiger partial charge in [0.25, 0.3) is 0 Å². The monoisotopic (exact) mass is 229 g/mol. The molecular weight excluding hydrogens is 222 g/mol. The second-order valence-corrected chi connectivity index (χ2v) is 3.47. The van der Waals surface area contributed by atoms with Gasteiger partial charge in [-0.3, -0.25) is 5.10 Å². The van der Waals surface area contributed by atoms with Gasteiger partial charge in [0.05, 0.1) is 22.8 Å². The first-order chi connectivity index (χ1) is 8.24. The molecule has 0 unspecified atom stereocenters. The van der Waals surface area contributed by atoms with Crippen molar-refractivity contribution in [2.45, 2.75) is 0 Å². The molecule has 0 amide bonds. The van der Waals surface area contributed by atoms with Crippen LogP contribution >= 0.6 is 0 Å². The Kier molecular flexibility index (Phi) is 1.91. The lowest BCUT2D eigenvalue weighted by atomic mass is 10.3. The van der Waals surface area contributed by atoms with Gasteiger partial charge in [-0.05, 0) is 6.07 Å². The van der Waals surface area contributed by atoms with E-state index in [0.717, 1.165) is 5.56 Å². The van der Waals surface area contributed by atoms with E-state index in [2.05, 4.69) is 25.1 Å². The Balaban J connectivity index is 2.16. The van der Waals surface area contributed by atoms with Crippen LogP contribution < -0.4 is 0 Å². The molecule has 0 atom stereocenters. The number of nitrogens with one attached hydrogen (secondary N) is 2. The summed E-state index contributed by atoms with van der Waals surface area (Å²) in [5, 5.41) is 15.3. The van der Waals surface area contributed by atoms with Gasteiger partial charge in [0.2, 0.25) is 0 Å². The Morgan fingerprint density at radius 2 is 2.24 bits per heavy atom. The molecule has 0 aromatic carbocycles. The molecule has 0 bridgehead atoms. The first-order valence-corrected chi connectivity index (χ1v) is 4.82. The number of nitrogens with zero attached hydrogens (tertiary/aromatic N) is 3. The third kappa shape index (κ3) is 1.53. The third-order valence-corrected chi connectivity index (χ3v) is 2.36. The summed E-state index contributed by atoms with van der Waals surface area (Å²) >= 11 is 0. The fraction of sp³-hybridized carbons (Fsp3) is 0. The number of carbonyl (C=O) groups is 1. The maximum absolute atomic E-state index is 10.8. The van der Waals surface area contributed by atoms with E-state index in [1.54, 1.807) is 12.4 Å². The van der Waals surface area contributed by atoms with E-state index in [0.29, 0.717) is 17.0 Å².